The van der Waals surface area contributed by atoms with Crippen molar-refractivity contribution in [1.82, 2.24) is 0 Å². The summed E-state index contributed by atoms with van der Waals surface area (Å²) >= 11 is 0. The van der Waals surface area contributed by atoms with E-state index in [1.54, 1.807) is 0 Å². The van der Waals surface area contributed by atoms with E-state index in [0.717, 1.165) is 42.1 Å². The molecule has 108 valence electrons. The minimum absolute atomic E-state index is 0.226. The summed E-state index contributed by atoms with van der Waals surface area (Å²) in [7, 11) is 0. The molecule has 2 unspecified atom stereocenters. The van der Waals surface area contributed by atoms with E-state index in [-0.39, 0.29) is 6.10 Å². The van der Waals surface area contributed by atoms with Crippen LogP contribution in [0.5, 0.6) is 11.5 Å². The Morgan fingerprint density at radius 1 is 1.05 bits per heavy atom. The molecule has 2 aromatic rings. The van der Waals surface area contributed by atoms with Crippen molar-refractivity contribution >= 4 is 0 Å². The maximum atomic E-state index is 10.6. The van der Waals surface area contributed by atoms with Crippen LogP contribution in [0.3, 0.4) is 0 Å². The van der Waals surface area contributed by atoms with Gasteiger partial charge in [-0.2, -0.15) is 0 Å². The first-order chi connectivity index (χ1) is 10.2. The summed E-state index contributed by atoms with van der Waals surface area (Å²) in [6.45, 7) is 2.81. The maximum absolute atomic E-state index is 10.6. The van der Waals surface area contributed by atoms with Crippen LogP contribution < -0.4 is 9.47 Å². The lowest BCUT2D eigenvalue weighted by Gasteiger charge is -2.13. The fourth-order valence-corrected chi connectivity index (χ4v) is 3.18. The number of benzene rings is 2. The molecule has 2 aliphatic rings. The van der Waals surface area contributed by atoms with Gasteiger partial charge in [-0.25, -0.2) is 0 Å². The monoisotopic (exact) mass is 282 g/mol. The van der Waals surface area contributed by atoms with Gasteiger partial charge in [-0.3, -0.25) is 0 Å². The van der Waals surface area contributed by atoms with Crippen molar-refractivity contribution in [1.29, 1.82) is 0 Å². The molecule has 0 radical (unpaired) electrons. The number of aliphatic hydroxyl groups is 1. The van der Waals surface area contributed by atoms with Crippen molar-refractivity contribution in [3.05, 3.63) is 58.7 Å². The second kappa shape index (κ2) is 4.78. The van der Waals surface area contributed by atoms with Crippen LogP contribution in [0, 0.1) is 0 Å². The third-order valence-electron chi connectivity index (χ3n) is 4.27. The molecule has 21 heavy (non-hydrogen) atoms. The first kappa shape index (κ1) is 12.7. The summed E-state index contributed by atoms with van der Waals surface area (Å²) in [6.07, 6.45) is 1.46. The minimum Gasteiger partial charge on any atom is -0.493 e. The van der Waals surface area contributed by atoms with Gasteiger partial charge < -0.3 is 14.6 Å². The third kappa shape index (κ3) is 2.18. The predicted octanol–water partition coefficient (Wildman–Crippen LogP) is 3.03. The van der Waals surface area contributed by atoms with Gasteiger partial charge in [0.1, 0.15) is 23.7 Å². The van der Waals surface area contributed by atoms with E-state index in [1.807, 2.05) is 24.3 Å². The lowest BCUT2D eigenvalue weighted by atomic mass is 9.97. The normalized spacial score (nSPS) is 20.4. The first-order valence-electron chi connectivity index (χ1n) is 7.44. The average molecular weight is 282 g/mol. The smallest absolute Gasteiger partial charge is 0.123 e. The lowest BCUT2D eigenvalue weighted by Crippen LogP contribution is -2.05. The molecule has 0 spiro atoms. The summed E-state index contributed by atoms with van der Waals surface area (Å²) < 4.78 is 11.2. The van der Waals surface area contributed by atoms with Crippen LogP contribution in [0.1, 0.15) is 35.3 Å². The molecule has 0 saturated heterocycles. The van der Waals surface area contributed by atoms with E-state index < -0.39 is 6.10 Å². The number of ether oxygens (including phenoxy) is 2. The largest absolute Gasteiger partial charge is 0.493 e. The molecule has 0 saturated carbocycles. The highest BCUT2D eigenvalue weighted by Crippen LogP contribution is 2.34. The molecule has 0 fully saturated rings. The van der Waals surface area contributed by atoms with Crippen LogP contribution in [0.15, 0.2) is 36.4 Å². The van der Waals surface area contributed by atoms with Crippen molar-refractivity contribution < 1.29 is 14.6 Å². The second-order valence-corrected chi connectivity index (χ2v) is 5.87. The molecule has 0 aromatic heterocycles. The summed E-state index contributed by atoms with van der Waals surface area (Å²) in [6, 6.07) is 11.9. The molecular weight excluding hydrogens is 264 g/mol. The van der Waals surface area contributed by atoms with Crippen LogP contribution in [-0.4, -0.2) is 17.8 Å². The SMILES string of the molecule is CC1Cc2cc(C(O)c3ccc4c(c3)CCO4)ccc2O1. The van der Waals surface area contributed by atoms with E-state index in [1.165, 1.54) is 11.1 Å². The molecule has 2 aliphatic heterocycles. The molecule has 0 bridgehead atoms. The fraction of sp³-hybridized carbons (Fsp3) is 0.333. The van der Waals surface area contributed by atoms with Crippen molar-refractivity contribution in [2.24, 2.45) is 0 Å². The van der Waals surface area contributed by atoms with Gasteiger partial charge >= 0.3 is 0 Å². The highest BCUT2D eigenvalue weighted by molar-refractivity contribution is 5.46. The Morgan fingerprint density at radius 3 is 2.57 bits per heavy atom. The van der Waals surface area contributed by atoms with Gasteiger partial charge in [0.25, 0.3) is 0 Å². The first-order valence-corrected chi connectivity index (χ1v) is 7.44. The van der Waals surface area contributed by atoms with Crippen molar-refractivity contribution in [3.8, 4) is 11.5 Å². The zero-order valence-electron chi connectivity index (χ0n) is 12.0. The van der Waals surface area contributed by atoms with E-state index in [9.17, 15) is 5.11 Å². The lowest BCUT2D eigenvalue weighted by molar-refractivity contribution is 0.220. The van der Waals surface area contributed by atoms with E-state index in [4.69, 9.17) is 9.47 Å². The number of hydrogen-bond donors (Lipinski definition) is 1. The molecule has 2 atom stereocenters. The molecule has 2 aromatic carbocycles. The summed E-state index contributed by atoms with van der Waals surface area (Å²) in [5, 5.41) is 10.6. The summed E-state index contributed by atoms with van der Waals surface area (Å²) in [5.41, 5.74) is 4.21. The van der Waals surface area contributed by atoms with Gasteiger partial charge in [-0.1, -0.05) is 12.1 Å². The van der Waals surface area contributed by atoms with Crippen LogP contribution in [0.25, 0.3) is 0 Å². The summed E-state index contributed by atoms with van der Waals surface area (Å²) in [4.78, 5) is 0. The second-order valence-electron chi connectivity index (χ2n) is 5.87. The van der Waals surface area contributed by atoms with Crippen LogP contribution in [-0.2, 0) is 12.8 Å². The molecule has 3 heteroatoms. The molecule has 1 N–H and O–H groups in total. The topological polar surface area (TPSA) is 38.7 Å². The summed E-state index contributed by atoms with van der Waals surface area (Å²) in [5.74, 6) is 1.89. The molecule has 3 nitrogen and oxygen atoms in total. The zero-order chi connectivity index (χ0) is 14.4. The van der Waals surface area contributed by atoms with Crippen molar-refractivity contribution in [2.45, 2.75) is 32.0 Å². The number of rotatable bonds is 2. The molecule has 0 amide bonds. The Bertz CT molecular complexity index is 693. The van der Waals surface area contributed by atoms with E-state index in [0.29, 0.717) is 0 Å². The standard InChI is InChI=1S/C18H18O3/c1-11-8-15-10-14(3-5-17(15)21-11)18(19)13-2-4-16-12(9-13)6-7-20-16/h2-5,9-11,18-19H,6-8H2,1H3. The zero-order valence-corrected chi connectivity index (χ0v) is 12.0. The number of aliphatic hydroxyl groups excluding tert-OH is 1. The van der Waals surface area contributed by atoms with Gasteiger partial charge in [-0.05, 0) is 53.4 Å². The van der Waals surface area contributed by atoms with Gasteiger partial charge in [0.2, 0.25) is 0 Å². The molecule has 2 heterocycles. The van der Waals surface area contributed by atoms with Crippen LogP contribution in [0.2, 0.25) is 0 Å². The number of hydrogen-bond acceptors (Lipinski definition) is 3. The predicted molar refractivity (Wildman–Crippen MR) is 79.9 cm³/mol. The van der Waals surface area contributed by atoms with Crippen molar-refractivity contribution in [2.75, 3.05) is 6.61 Å². The van der Waals surface area contributed by atoms with Gasteiger partial charge in [0, 0.05) is 12.8 Å². The Labute approximate surface area is 124 Å². The van der Waals surface area contributed by atoms with Crippen LogP contribution >= 0.6 is 0 Å². The Hall–Kier alpha value is -2.00. The molecule has 0 aliphatic carbocycles. The van der Waals surface area contributed by atoms with E-state index in [2.05, 4.69) is 19.1 Å². The Morgan fingerprint density at radius 2 is 1.76 bits per heavy atom. The van der Waals surface area contributed by atoms with E-state index >= 15 is 0 Å². The average Bonchev–Trinajstić information content (AvgIpc) is 3.09. The number of fused-ring (bicyclic) bond motifs is 2. The highest BCUT2D eigenvalue weighted by Gasteiger charge is 2.22. The fourth-order valence-electron chi connectivity index (χ4n) is 3.18. The van der Waals surface area contributed by atoms with Gasteiger partial charge in [-0.15, -0.1) is 0 Å². The highest BCUT2D eigenvalue weighted by atomic mass is 16.5. The van der Waals surface area contributed by atoms with Crippen LogP contribution in [0.4, 0.5) is 0 Å². The molecular formula is C18H18O3. The minimum atomic E-state index is -0.600. The quantitative estimate of drug-likeness (QED) is 0.920. The van der Waals surface area contributed by atoms with Gasteiger partial charge in [0.05, 0.1) is 6.61 Å². The van der Waals surface area contributed by atoms with Gasteiger partial charge in [0.15, 0.2) is 0 Å². The Balaban J connectivity index is 1.66. The maximum Gasteiger partial charge on any atom is 0.123 e. The molecule has 4 rings (SSSR count). The third-order valence-corrected chi connectivity index (χ3v) is 4.27. The van der Waals surface area contributed by atoms with Crippen molar-refractivity contribution in [3.63, 3.8) is 0 Å². The Kier molecular flexibility index (Phi) is 2.89.